The summed E-state index contributed by atoms with van der Waals surface area (Å²) in [6.07, 6.45) is 5.15. The van der Waals surface area contributed by atoms with E-state index in [0.29, 0.717) is 5.15 Å². The summed E-state index contributed by atoms with van der Waals surface area (Å²) in [4.78, 5) is 0. The Kier molecular flexibility index (Phi) is 5.44. The number of anilines is 1. The smallest absolute Gasteiger partial charge is 0.155 e. The average Bonchev–Trinajstić information content (AvgIpc) is 2.28. The van der Waals surface area contributed by atoms with E-state index >= 15 is 0 Å². The van der Waals surface area contributed by atoms with Crippen molar-refractivity contribution in [2.75, 3.05) is 23.4 Å². The summed E-state index contributed by atoms with van der Waals surface area (Å²) in [6, 6.07) is 0. The standard InChI is InChI=1S/C11H14ClN3S/c1-4-6-16-7-5-13-11-9(3)8(2)10(12)14-15-11/h1H,5-7H2,2-3H3,(H,13,15). The van der Waals surface area contributed by atoms with Gasteiger partial charge in [-0.05, 0) is 25.0 Å². The molecule has 1 heterocycles. The number of nitrogens with one attached hydrogen (secondary N) is 1. The Labute approximate surface area is 105 Å². The molecule has 16 heavy (non-hydrogen) atoms. The molecule has 1 aromatic rings. The summed E-state index contributed by atoms with van der Waals surface area (Å²) in [6.45, 7) is 4.74. The van der Waals surface area contributed by atoms with E-state index in [2.05, 4.69) is 21.4 Å². The number of rotatable bonds is 5. The molecule has 0 amide bonds. The maximum Gasteiger partial charge on any atom is 0.155 e. The molecule has 0 aliphatic rings. The number of halogens is 1. The fraction of sp³-hybridized carbons (Fsp3) is 0.455. The van der Waals surface area contributed by atoms with Gasteiger partial charge in [0.15, 0.2) is 11.0 Å². The summed E-state index contributed by atoms with van der Waals surface area (Å²) < 4.78 is 0. The minimum atomic E-state index is 0.463. The zero-order valence-corrected chi connectivity index (χ0v) is 11.0. The maximum atomic E-state index is 5.86. The van der Waals surface area contributed by atoms with Crippen molar-refractivity contribution in [3.05, 3.63) is 16.3 Å². The lowest BCUT2D eigenvalue weighted by Crippen LogP contribution is -2.09. The molecule has 0 saturated heterocycles. The number of hydrogen-bond acceptors (Lipinski definition) is 4. The summed E-state index contributed by atoms with van der Waals surface area (Å²) in [5, 5.41) is 11.6. The van der Waals surface area contributed by atoms with Gasteiger partial charge in [-0.25, -0.2) is 0 Å². The van der Waals surface area contributed by atoms with E-state index in [-0.39, 0.29) is 0 Å². The zero-order valence-electron chi connectivity index (χ0n) is 9.38. The largest absolute Gasteiger partial charge is 0.368 e. The van der Waals surface area contributed by atoms with Gasteiger partial charge in [0.05, 0.1) is 5.75 Å². The number of hydrogen-bond donors (Lipinski definition) is 1. The minimum absolute atomic E-state index is 0.463. The van der Waals surface area contributed by atoms with Crippen LogP contribution in [0.2, 0.25) is 5.15 Å². The molecule has 0 aliphatic carbocycles. The Morgan fingerprint density at radius 2 is 2.12 bits per heavy atom. The van der Waals surface area contributed by atoms with Crippen molar-refractivity contribution >= 4 is 29.2 Å². The SMILES string of the molecule is C#CCSCCNc1nnc(Cl)c(C)c1C. The number of nitrogens with zero attached hydrogens (tertiary/aromatic N) is 2. The van der Waals surface area contributed by atoms with Crippen molar-refractivity contribution in [3.63, 3.8) is 0 Å². The van der Waals surface area contributed by atoms with E-state index in [1.807, 2.05) is 13.8 Å². The Bertz CT molecular complexity index is 401. The first kappa shape index (κ1) is 13.1. The van der Waals surface area contributed by atoms with Crippen LogP contribution in [0.25, 0.3) is 0 Å². The van der Waals surface area contributed by atoms with Crippen molar-refractivity contribution < 1.29 is 0 Å². The first-order chi connectivity index (χ1) is 7.66. The first-order valence-electron chi connectivity index (χ1n) is 4.91. The zero-order chi connectivity index (χ0) is 12.0. The topological polar surface area (TPSA) is 37.8 Å². The molecular formula is C11H14ClN3S. The van der Waals surface area contributed by atoms with E-state index in [4.69, 9.17) is 18.0 Å². The monoisotopic (exact) mass is 255 g/mol. The van der Waals surface area contributed by atoms with Crippen LogP contribution in [0.4, 0.5) is 5.82 Å². The maximum absolute atomic E-state index is 5.86. The number of aromatic nitrogens is 2. The highest BCUT2D eigenvalue weighted by molar-refractivity contribution is 7.99. The van der Waals surface area contributed by atoms with Gasteiger partial charge in [-0.3, -0.25) is 0 Å². The van der Waals surface area contributed by atoms with Gasteiger partial charge in [0.2, 0.25) is 0 Å². The summed E-state index contributed by atoms with van der Waals surface area (Å²) in [7, 11) is 0. The van der Waals surface area contributed by atoms with Gasteiger partial charge in [-0.2, -0.15) is 0 Å². The molecule has 0 atom stereocenters. The van der Waals surface area contributed by atoms with Crippen LogP contribution < -0.4 is 5.32 Å². The molecule has 0 aliphatic heterocycles. The van der Waals surface area contributed by atoms with Crippen LogP contribution in [0.5, 0.6) is 0 Å². The molecule has 0 saturated carbocycles. The van der Waals surface area contributed by atoms with Gasteiger partial charge in [-0.15, -0.1) is 28.4 Å². The number of thioether (sulfide) groups is 1. The van der Waals surface area contributed by atoms with E-state index < -0.39 is 0 Å². The van der Waals surface area contributed by atoms with Crippen LogP contribution in [0.1, 0.15) is 11.1 Å². The van der Waals surface area contributed by atoms with Crippen molar-refractivity contribution in [2.24, 2.45) is 0 Å². The highest BCUT2D eigenvalue weighted by atomic mass is 35.5. The Morgan fingerprint density at radius 1 is 1.38 bits per heavy atom. The van der Waals surface area contributed by atoms with Crippen molar-refractivity contribution in [3.8, 4) is 12.3 Å². The summed E-state index contributed by atoms with van der Waals surface area (Å²) >= 11 is 7.57. The van der Waals surface area contributed by atoms with Crippen molar-refractivity contribution in [2.45, 2.75) is 13.8 Å². The van der Waals surface area contributed by atoms with Crippen molar-refractivity contribution in [1.29, 1.82) is 0 Å². The van der Waals surface area contributed by atoms with Crippen LogP contribution in [0.3, 0.4) is 0 Å². The van der Waals surface area contributed by atoms with Crippen LogP contribution in [0.15, 0.2) is 0 Å². The van der Waals surface area contributed by atoms with E-state index in [9.17, 15) is 0 Å². The van der Waals surface area contributed by atoms with Gasteiger partial charge >= 0.3 is 0 Å². The Balaban J connectivity index is 2.49. The fourth-order valence-corrected chi connectivity index (χ4v) is 1.80. The predicted octanol–water partition coefficient (Wildman–Crippen LogP) is 2.53. The summed E-state index contributed by atoms with van der Waals surface area (Å²) in [5.41, 5.74) is 2.01. The van der Waals surface area contributed by atoms with Gasteiger partial charge in [0.25, 0.3) is 0 Å². The molecule has 1 N–H and O–H groups in total. The third-order valence-corrected chi connectivity index (χ3v) is 3.41. The van der Waals surface area contributed by atoms with Crippen LogP contribution in [-0.4, -0.2) is 28.2 Å². The predicted molar refractivity (Wildman–Crippen MR) is 71.2 cm³/mol. The van der Waals surface area contributed by atoms with E-state index in [0.717, 1.165) is 35.0 Å². The molecule has 0 bridgehead atoms. The number of terminal acetylenes is 1. The molecule has 0 unspecified atom stereocenters. The van der Waals surface area contributed by atoms with Crippen LogP contribution in [-0.2, 0) is 0 Å². The minimum Gasteiger partial charge on any atom is -0.368 e. The second-order valence-electron chi connectivity index (χ2n) is 3.27. The molecule has 0 fully saturated rings. The molecule has 0 radical (unpaired) electrons. The lowest BCUT2D eigenvalue weighted by molar-refractivity contribution is 0.982. The second-order valence-corrected chi connectivity index (χ2v) is 4.74. The highest BCUT2D eigenvalue weighted by Gasteiger charge is 2.06. The Morgan fingerprint density at radius 3 is 2.81 bits per heavy atom. The molecule has 86 valence electrons. The quantitative estimate of drug-likeness (QED) is 0.648. The molecular weight excluding hydrogens is 242 g/mol. The highest BCUT2D eigenvalue weighted by Crippen LogP contribution is 2.20. The van der Waals surface area contributed by atoms with Crippen LogP contribution >= 0.6 is 23.4 Å². The molecule has 5 heteroatoms. The van der Waals surface area contributed by atoms with E-state index in [1.165, 1.54) is 0 Å². The fourth-order valence-electron chi connectivity index (χ4n) is 1.12. The molecule has 0 spiro atoms. The van der Waals surface area contributed by atoms with E-state index in [1.54, 1.807) is 11.8 Å². The lowest BCUT2D eigenvalue weighted by Gasteiger charge is -2.09. The normalized spacial score (nSPS) is 9.88. The lowest BCUT2D eigenvalue weighted by atomic mass is 10.2. The summed E-state index contributed by atoms with van der Waals surface area (Å²) in [5.74, 6) is 5.07. The van der Waals surface area contributed by atoms with Gasteiger partial charge in [0.1, 0.15) is 0 Å². The van der Waals surface area contributed by atoms with Crippen molar-refractivity contribution in [1.82, 2.24) is 10.2 Å². The average molecular weight is 256 g/mol. The third-order valence-electron chi connectivity index (χ3n) is 2.19. The molecule has 3 nitrogen and oxygen atoms in total. The molecule has 1 aromatic heterocycles. The van der Waals surface area contributed by atoms with Gasteiger partial charge in [-0.1, -0.05) is 17.5 Å². The Hall–Kier alpha value is -0.920. The molecule has 1 rings (SSSR count). The first-order valence-corrected chi connectivity index (χ1v) is 6.44. The van der Waals surface area contributed by atoms with Crippen LogP contribution in [0, 0.1) is 26.2 Å². The van der Waals surface area contributed by atoms with Gasteiger partial charge < -0.3 is 5.32 Å². The van der Waals surface area contributed by atoms with Gasteiger partial charge in [0, 0.05) is 12.3 Å². The third kappa shape index (κ3) is 3.58. The molecule has 0 aromatic carbocycles. The second kappa shape index (κ2) is 6.62.